The first-order valence-corrected chi connectivity index (χ1v) is 10.1. The van der Waals surface area contributed by atoms with Gasteiger partial charge in [-0.25, -0.2) is 13.2 Å². The predicted octanol–water partition coefficient (Wildman–Crippen LogP) is 3.33. The van der Waals surface area contributed by atoms with Crippen LogP contribution in [0.4, 0.5) is 10.5 Å². The van der Waals surface area contributed by atoms with Gasteiger partial charge in [0.05, 0.1) is 18.0 Å². The van der Waals surface area contributed by atoms with Crippen molar-refractivity contribution in [1.29, 1.82) is 0 Å². The zero-order chi connectivity index (χ0) is 18.4. The molecule has 0 bridgehead atoms. The Labute approximate surface area is 144 Å². The molecule has 0 heterocycles. The van der Waals surface area contributed by atoms with Gasteiger partial charge in [0.15, 0.2) is 9.84 Å². The molecule has 0 radical (unpaired) electrons. The highest BCUT2D eigenvalue weighted by Crippen LogP contribution is 2.27. The van der Waals surface area contributed by atoms with Crippen LogP contribution in [0, 0.1) is 0 Å². The van der Waals surface area contributed by atoms with Gasteiger partial charge in [0.2, 0.25) is 0 Å². The van der Waals surface area contributed by atoms with E-state index in [9.17, 15) is 13.2 Å². The van der Waals surface area contributed by atoms with Gasteiger partial charge < -0.3 is 15.4 Å². The minimum absolute atomic E-state index is 0.0639. The third kappa shape index (κ3) is 8.19. The average Bonchev–Trinajstić information content (AvgIpc) is 2.38. The van der Waals surface area contributed by atoms with Gasteiger partial charge in [-0.15, -0.1) is 0 Å². The maximum Gasteiger partial charge on any atom is 0.319 e. The molecule has 7 heteroatoms. The zero-order valence-corrected chi connectivity index (χ0v) is 15.9. The summed E-state index contributed by atoms with van der Waals surface area (Å²) in [5.74, 6) is 0.416. The van der Waals surface area contributed by atoms with Crippen LogP contribution in [-0.2, 0) is 15.6 Å². The second kappa shape index (κ2) is 8.37. The summed E-state index contributed by atoms with van der Waals surface area (Å²) in [5, 5.41) is 5.57. The summed E-state index contributed by atoms with van der Waals surface area (Å²) < 4.78 is 28.7. The summed E-state index contributed by atoms with van der Waals surface area (Å²) in [6, 6.07) is 4.69. The van der Waals surface area contributed by atoms with Gasteiger partial charge in [-0.3, -0.25) is 0 Å². The lowest BCUT2D eigenvalue weighted by molar-refractivity contribution is 0.243. The van der Waals surface area contributed by atoms with Gasteiger partial charge in [-0.2, -0.15) is 0 Å². The van der Waals surface area contributed by atoms with E-state index in [4.69, 9.17) is 4.74 Å². The minimum atomic E-state index is -3.13. The van der Waals surface area contributed by atoms with E-state index in [2.05, 4.69) is 17.6 Å². The molecule has 2 N–H and O–H groups in total. The van der Waals surface area contributed by atoms with Crippen LogP contribution in [0.1, 0.15) is 46.1 Å². The molecule has 136 valence electrons. The lowest BCUT2D eigenvalue weighted by Crippen LogP contribution is -2.43. The molecule has 1 rings (SSSR count). The molecular formula is C17H28N2O4S. The fourth-order valence-corrected chi connectivity index (χ4v) is 2.79. The molecular weight excluding hydrogens is 328 g/mol. The molecule has 6 nitrogen and oxygen atoms in total. The van der Waals surface area contributed by atoms with Gasteiger partial charge in [0.1, 0.15) is 5.75 Å². The maximum atomic E-state index is 12.1. The first kappa shape index (κ1) is 20.3. The SMILES string of the molecule is CCCCOc1cc(CS(C)(=O)=O)ccc1NC(=O)NC(C)(C)C. The number of benzene rings is 1. The summed E-state index contributed by atoms with van der Waals surface area (Å²) in [6.45, 7) is 8.23. The quantitative estimate of drug-likeness (QED) is 0.734. The fraction of sp³-hybridized carbons (Fsp3) is 0.588. The Morgan fingerprint density at radius 3 is 2.46 bits per heavy atom. The summed E-state index contributed by atoms with van der Waals surface area (Å²) in [6.07, 6.45) is 3.05. The summed E-state index contributed by atoms with van der Waals surface area (Å²) in [7, 11) is -3.13. The molecule has 0 aromatic heterocycles. The second-order valence-electron chi connectivity index (χ2n) is 6.93. The molecule has 0 aliphatic heterocycles. The highest BCUT2D eigenvalue weighted by atomic mass is 32.2. The van der Waals surface area contributed by atoms with Crippen LogP contribution < -0.4 is 15.4 Å². The lowest BCUT2D eigenvalue weighted by Gasteiger charge is -2.21. The second-order valence-corrected chi connectivity index (χ2v) is 9.07. The third-order valence-corrected chi connectivity index (χ3v) is 3.82. The highest BCUT2D eigenvalue weighted by Gasteiger charge is 2.16. The van der Waals surface area contributed by atoms with E-state index in [0.717, 1.165) is 12.8 Å². The number of nitrogens with one attached hydrogen (secondary N) is 2. The number of hydrogen-bond acceptors (Lipinski definition) is 4. The zero-order valence-electron chi connectivity index (χ0n) is 15.1. The van der Waals surface area contributed by atoms with E-state index in [0.29, 0.717) is 23.6 Å². The number of rotatable bonds is 7. The van der Waals surface area contributed by atoms with E-state index in [1.807, 2.05) is 20.8 Å². The summed E-state index contributed by atoms with van der Waals surface area (Å²) >= 11 is 0. The summed E-state index contributed by atoms with van der Waals surface area (Å²) in [4.78, 5) is 12.1. The molecule has 0 saturated carbocycles. The van der Waals surface area contributed by atoms with E-state index in [1.165, 1.54) is 6.26 Å². The third-order valence-electron chi connectivity index (χ3n) is 2.97. The van der Waals surface area contributed by atoms with Crippen molar-refractivity contribution in [3.63, 3.8) is 0 Å². The predicted molar refractivity (Wildman–Crippen MR) is 97.3 cm³/mol. The van der Waals surface area contributed by atoms with Crippen LogP contribution >= 0.6 is 0 Å². The minimum Gasteiger partial charge on any atom is -0.491 e. The van der Waals surface area contributed by atoms with Gasteiger partial charge in [-0.1, -0.05) is 19.4 Å². The van der Waals surface area contributed by atoms with E-state index >= 15 is 0 Å². The number of ether oxygens (including phenoxy) is 1. The van der Waals surface area contributed by atoms with Crippen molar-refractivity contribution in [2.75, 3.05) is 18.2 Å². The molecule has 0 spiro atoms. The molecule has 0 saturated heterocycles. The Morgan fingerprint density at radius 1 is 1.25 bits per heavy atom. The molecule has 0 aliphatic rings. The van der Waals surface area contributed by atoms with Crippen molar-refractivity contribution < 1.29 is 17.9 Å². The molecule has 24 heavy (non-hydrogen) atoms. The summed E-state index contributed by atoms with van der Waals surface area (Å²) in [5.41, 5.74) is 0.791. The number of sulfone groups is 1. The molecule has 2 amide bonds. The topological polar surface area (TPSA) is 84.5 Å². The van der Waals surface area contributed by atoms with Crippen LogP contribution in [0.2, 0.25) is 0 Å². The first-order chi connectivity index (χ1) is 11.0. The van der Waals surface area contributed by atoms with E-state index in [-0.39, 0.29) is 17.3 Å². The van der Waals surface area contributed by atoms with Crippen molar-refractivity contribution in [3.8, 4) is 5.75 Å². The Balaban J connectivity index is 2.97. The fourth-order valence-electron chi connectivity index (χ4n) is 2.00. The molecule has 0 atom stereocenters. The smallest absolute Gasteiger partial charge is 0.319 e. The Bertz CT molecular complexity index is 664. The van der Waals surface area contributed by atoms with Crippen molar-refractivity contribution in [1.82, 2.24) is 5.32 Å². The largest absolute Gasteiger partial charge is 0.491 e. The highest BCUT2D eigenvalue weighted by molar-refractivity contribution is 7.89. The van der Waals surface area contributed by atoms with Crippen LogP contribution in [0.3, 0.4) is 0 Å². The first-order valence-electron chi connectivity index (χ1n) is 8.03. The Morgan fingerprint density at radius 2 is 1.92 bits per heavy atom. The van der Waals surface area contributed by atoms with Crippen LogP contribution in [-0.4, -0.2) is 32.9 Å². The molecule has 1 aromatic carbocycles. The number of unbranched alkanes of at least 4 members (excludes halogenated alkanes) is 1. The number of amides is 2. The molecule has 0 fully saturated rings. The van der Waals surface area contributed by atoms with Crippen molar-refractivity contribution in [3.05, 3.63) is 23.8 Å². The normalized spacial score (nSPS) is 11.9. The molecule has 0 unspecified atom stereocenters. The van der Waals surface area contributed by atoms with Crippen molar-refractivity contribution in [2.45, 2.75) is 51.8 Å². The van der Waals surface area contributed by atoms with Gasteiger partial charge in [0, 0.05) is 11.8 Å². The number of urea groups is 1. The van der Waals surface area contributed by atoms with Crippen molar-refractivity contribution >= 4 is 21.6 Å². The van der Waals surface area contributed by atoms with Gasteiger partial charge in [0.25, 0.3) is 0 Å². The number of carbonyl (C=O) groups excluding carboxylic acids is 1. The molecule has 0 aliphatic carbocycles. The average molecular weight is 356 g/mol. The van der Waals surface area contributed by atoms with Crippen LogP contribution in [0.15, 0.2) is 18.2 Å². The standard InChI is InChI=1S/C17H28N2O4S/c1-6-7-10-23-15-11-13(12-24(5,21)22)8-9-14(15)18-16(20)19-17(2,3)4/h8-9,11H,6-7,10,12H2,1-5H3,(H2,18,19,20). The van der Waals surface area contributed by atoms with Crippen LogP contribution in [0.25, 0.3) is 0 Å². The van der Waals surface area contributed by atoms with Gasteiger partial charge in [-0.05, 0) is 44.9 Å². The van der Waals surface area contributed by atoms with E-state index < -0.39 is 9.84 Å². The van der Waals surface area contributed by atoms with E-state index in [1.54, 1.807) is 18.2 Å². The van der Waals surface area contributed by atoms with Crippen molar-refractivity contribution in [2.24, 2.45) is 0 Å². The van der Waals surface area contributed by atoms with Crippen LogP contribution in [0.5, 0.6) is 5.75 Å². The monoisotopic (exact) mass is 356 g/mol. The number of hydrogen-bond donors (Lipinski definition) is 2. The number of anilines is 1. The Hall–Kier alpha value is -1.76. The molecule has 1 aromatic rings. The number of carbonyl (C=O) groups is 1. The van der Waals surface area contributed by atoms with Gasteiger partial charge >= 0.3 is 6.03 Å². The maximum absolute atomic E-state index is 12.1. The Kier molecular flexibility index (Phi) is 7.08. The lowest BCUT2D eigenvalue weighted by atomic mass is 10.1.